The Morgan fingerprint density at radius 1 is 1.39 bits per heavy atom. The van der Waals surface area contributed by atoms with Gasteiger partial charge in [-0.05, 0) is 32.1 Å². The van der Waals surface area contributed by atoms with Crippen LogP contribution in [0.1, 0.15) is 22.6 Å². The lowest BCUT2D eigenvalue weighted by atomic mass is 10.2. The maximum atomic E-state index is 14.4. The van der Waals surface area contributed by atoms with E-state index in [9.17, 15) is 9.18 Å². The highest BCUT2D eigenvalue weighted by atomic mass is 19.1. The number of primary amides is 1. The van der Waals surface area contributed by atoms with E-state index in [-0.39, 0.29) is 5.69 Å². The maximum Gasteiger partial charge on any atom is 0.269 e. The molecule has 1 amide bonds. The van der Waals surface area contributed by atoms with Gasteiger partial charge in [-0.15, -0.1) is 0 Å². The van der Waals surface area contributed by atoms with Crippen molar-refractivity contribution >= 4 is 5.91 Å². The number of halogens is 1. The minimum absolute atomic E-state index is 0.212. The van der Waals surface area contributed by atoms with Crippen LogP contribution in [0.4, 0.5) is 4.39 Å². The molecule has 0 saturated heterocycles. The lowest BCUT2D eigenvalue weighted by molar-refractivity contribution is 0.0994. The number of nitrogens with two attached hydrogens (primary N) is 1. The van der Waals surface area contributed by atoms with Crippen molar-refractivity contribution in [2.45, 2.75) is 19.5 Å². The van der Waals surface area contributed by atoms with Gasteiger partial charge in [0.05, 0.1) is 18.4 Å². The Labute approximate surface area is 133 Å². The van der Waals surface area contributed by atoms with Gasteiger partial charge in [-0.25, -0.2) is 9.37 Å². The fraction of sp³-hybridized carbons (Fsp3) is 0.375. The number of aromatic nitrogens is 2. The number of methoxy groups -OCH3 is 1. The number of amides is 1. The van der Waals surface area contributed by atoms with Crippen molar-refractivity contribution in [1.82, 2.24) is 14.5 Å². The largest absolute Gasteiger partial charge is 0.497 e. The van der Waals surface area contributed by atoms with Gasteiger partial charge < -0.3 is 19.9 Å². The summed E-state index contributed by atoms with van der Waals surface area (Å²) in [6.07, 6.45) is 0.892. The van der Waals surface area contributed by atoms with Crippen molar-refractivity contribution in [2.24, 2.45) is 5.73 Å². The van der Waals surface area contributed by atoms with Crippen LogP contribution in [-0.4, -0.2) is 41.1 Å². The van der Waals surface area contributed by atoms with E-state index < -0.39 is 11.7 Å². The molecule has 0 bridgehead atoms. The molecule has 1 aliphatic heterocycles. The first-order valence-corrected chi connectivity index (χ1v) is 7.43. The number of nitrogens with zero attached hydrogens (tertiary/aromatic N) is 3. The Bertz CT molecular complexity index is 757. The van der Waals surface area contributed by atoms with E-state index in [1.54, 1.807) is 12.1 Å². The topological polar surface area (TPSA) is 73.4 Å². The molecule has 0 saturated carbocycles. The number of hydrogen-bond donors (Lipinski definition) is 1. The molecule has 2 aromatic rings. The molecule has 1 aromatic heterocycles. The molecular formula is C16H19FN4O2. The average Bonchev–Trinajstić information content (AvgIpc) is 2.74. The number of benzene rings is 1. The molecule has 0 aliphatic carbocycles. The summed E-state index contributed by atoms with van der Waals surface area (Å²) in [6, 6.07) is 4.60. The second-order valence-corrected chi connectivity index (χ2v) is 5.68. The molecule has 23 heavy (non-hydrogen) atoms. The number of fused-ring (bicyclic) bond motifs is 1. The van der Waals surface area contributed by atoms with Gasteiger partial charge in [-0.3, -0.25) is 4.79 Å². The van der Waals surface area contributed by atoms with E-state index in [1.807, 2.05) is 11.6 Å². The molecule has 122 valence electrons. The van der Waals surface area contributed by atoms with E-state index in [0.29, 0.717) is 30.2 Å². The Morgan fingerprint density at radius 2 is 2.17 bits per heavy atom. The van der Waals surface area contributed by atoms with Gasteiger partial charge in [-0.2, -0.15) is 0 Å². The van der Waals surface area contributed by atoms with Crippen LogP contribution in [0.25, 0.3) is 11.4 Å². The molecule has 0 atom stereocenters. The van der Waals surface area contributed by atoms with Crippen molar-refractivity contribution < 1.29 is 13.9 Å². The fourth-order valence-corrected chi connectivity index (χ4v) is 2.93. The second-order valence-electron chi connectivity index (χ2n) is 5.68. The molecule has 0 fully saturated rings. The minimum Gasteiger partial charge on any atom is -0.497 e. The maximum absolute atomic E-state index is 14.4. The molecule has 0 radical (unpaired) electrons. The Kier molecular flexibility index (Phi) is 4.04. The molecular weight excluding hydrogens is 299 g/mol. The van der Waals surface area contributed by atoms with Crippen LogP contribution in [-0.2, 0) is 13.1 Å². The predicted molar refractivity (Wildman–Crippen MR) is 83.6 cm³/mol. The first-order valence-electron chi connectivity index (χ1n) is 7.43. The zero-order valence-electron chi connectivity index (χ0n) is 13.2. The monoisotopic (exact) mass is 318 g/mol. The fourth-order valence-electron chi connectivity index (χ4n) is 2.93. The molecule has 2 N–H and O–H groups in total. The smallest absolute Gasteiger partial charge is 0.269 e. The minimum atomic E-state index is -0.593. The van der Waals surface area contributed by atoms with Gasteiger partial charge in [0.15, 0.2) is 5.69 Å². The summed E-state index contributed by atoms with van der Waals surface area (Å²) in [5, 5.41) is 0. The molecule has 1 aliphatic rings. The quantitative estimate of drug-likeness (QED) is 0.933. The summed E-state index contributed by atoms with van der Waals surface area (Å²) in [5.41, 5.74) is 6.75. The molecule has 0 spiro atoms. The molecule has 0 unspecified atom stereocenters. The van der Waals surface area contributed by atoms with E-state index in [4.69, 9.17) is 10.5 Å². The standard InChI is InChI=1S/C16H19FN4O2/c1-20-6-3-7-21-13(9-20)14(15(18)22)19-16(21)11-5-4-10(23-2)8-12(11)17/h4-5,8H,3,6-7,9H2,1-2H3,(H2,18,22). The highest BCUT2D eigenvalue weighted by molar-refractivity contribution is 5.93. The summed E-state index contributed by atoms with van der Waals surface area (Å²) in [6.45, 7) is 2.12. The number of hydrogen-bond acceptors (Lipinski definition) is 4. The zero-order chi connectivity index (χ0) is 16.6. The van der Waals surface area contributed by atoms with Gasteiger partial charge in [0.25, 0.3) is 5.91 Å². The van der Waals surface area contributed by atoms with Gasteiger partial charge in [0.2, 0.25) is 0 Å². The first-order chi connectivity index (χ1) is 11.0. The van der Waals surface area contributed by atoms with Crippen LogP contribution in [0.15, 0.2) is 18.2 Å². The van der Waals surface area contributed by atoms with Crippen LogP contribution in [0.2, 0.25) is 0 Å². The van der Waals surface area contributed by atoms with Crippen molar-refractivity contribution in [2.75, 3.05) is 20.7 Å². The predicted octanol–water partition coefficient (Wildman–Crippen LogP) is 1.63. The van der Waals surface area contributed by atoms with E-state index >= 15 is 0 Å². The average molecular weight is 318 g/mol. The highest BCUT2D eigenvalue weighted by Crippen LogP contribution is 2.29. The SMILES string of the molecule is COc1ccc(-c2nc(C(N)=O)c3n2CCCN(C)C3)c(F)c1. The molecule has 1 aromatic carbocycles. The number of ether oxygens (including phenoxy) is 1. The summed E-state index contributed by atoms with van der Waals surface area (Å²) in [7, 11) is 3.46. The zero-order valence-corrected chi connectivity index (χ0v) is 13.2. The van der Waals surface area contributed by atoms with Gasteiger partial charge in [0, 0.05) is 19.2 Å². The van der Waals surface area contributed by atoms with Crippen molar-refractivity contribution in [3.8, 4) is 17.1 Å². The number of carbonyl (C=O) groups excluding carboxylic acids is 1. The van der Waals surface area contributed by atoms with Gasteiger partial charge >= 0.3 is 0 Å². The van der Waals surface area contributed by atoms with E-state index in [1.165, 1.54) is 13.2 Å². The van der Waals surface area contributed by atoms with E-state index in [2.05, 4.69) is 9.88 Å². The van der Waals surface area contributed by atoms with Gasteiger partial charge in [0.1, 0.15) is 17.4 Å². The first kappa shape index (κ1) is 15.5. The number of rotatable bonds is 3. The molecule has 2 heterocycles. The van der Waals surface area contributed by atoms with Crippen LogP contribution < -0.4 is 10.5 Å². The summed E-state index contributed by atoms with van der Waals surface area (Å²) < 4.78 is 21.3. The molecule has 6 nitrogen and oxygen atoms in total. The van der Waals surface area contributed by atoms with Crippen LogP contribution >= 0.6 is 0 Å². The Morgan fingerprint density at radius 3 is 2.83 bits per heavy atom. The second kappa shape index (κ2) is 6.00. The highest BCUT2D eigenvalue weighted by Gasteiger charge is 2.25. The van der Waals surface area contributed by atoms with Crippen molar-refractivity contribution in [1.29, 1.82) is 0 Å². The Balaban J connectivity index is 2.17. The Hall–Kier alpha value is -2.41. The summed E-state index contributed by atoms with van der Waals surface area (Å²) in [5.74, 6) is -0.164. The van der Waals surface area contributed by atoms with Crippen molar-refractivity contribution in [3.05, 3.63) is 35.4 Å². The van der Waals surface area contributed by atoms with Crippen LogP contribution in [0.3, 0.4) is 0 Å². The lowest BCUT2D eigenvalue weighted by Crippen LogP contribution is -2.21. The lowest BCUT2D eigenvalue weighted by Gasteiger charge is -2.12. The van der Waals surface area contributed by atoms with Crippen LogP contribution in [0, 0.1) is 5.82 Å². The summed E-state index contributed by atoms with van der Waals surface area (Å²) >= 11 is 0. The normalized spacial score (nSPS) is 15.1. The number of imidazole rings is 1. The molecule has 3 rings (SSSR count). The van der Waals surface area contributed by atoms with Crippen molar-refractivity contribution in [3.63, 3.8) is 0 Å². The third-order valence-electron chi connectivity index (χ3n) is 4.06. The van der Waals surface area contributed by atoms with E-state index in [0.717, 1.165) is 18.7 Å². The third-order valence-corrected chi connectivity index (χ3v) is 4.06. The van der Waals surface area contributed by atoms with Gasteiger partial charge in [-0.1, -0.05) is 0 Å². The summed E-state index contributed by atoms with van der Waals surface area (Å²) in [4.78, 5) is 18.2. The molecule has 7 heteroatoms. The third kappa shape index (κ3) is 2.79. The number of carbonyl (C=O) groups is 1. The van der Waals surface area contributed by atoms with Crippen LogP contribution in [0.5, 0.6) is 5.75 Å².